The molecule has 152 valence electrons. The standard InChI is InChI=1S/C22H26N4O3/c27-20(23-11-10-15-6-2-1-3-7-15)14-26-21(28)19(25-22(26)29)12-16-13-24-18-9-5-4-8-17(16)18/h4-6,8-9,13,19,24H,1-3,7,10-12,14H2,(H,23,27)(H,25,29)/t19-/m1/s1. The molecule has 1 saturated heterocycles. The topological polar surface area (TPSA) is 94.3 Å². The van der Waals surface area contributed by atoms with E-state index in [4.69, 9.17) is 0 Å². The van der Waals surface area contributed by atoms with Gasteiger partial charge in [0.2, 0.25) is 5.91 Å². The van der Waals surface area contributed by atoms with Gasteiger partial charge in [0.05, 0.1) is 0 Å². The first kappa shape index (κ1) is 19.2. The number of imide groups is 1. The molecule has 0 saturated carbocycles. The van der Waals surface area contributed by atoms with E-state index in [-0.39, 0.29) is 18.4 Å². The molecule has 4 rings (SSSR count). The summed E-state index contributed by atoms with van der Waals surface area (Å²) in [6.07, 6.45) is 9.99. The van der Waals surface area contributed by atoms with Crippen molar-refractivity contribution in [2.45, 2.75) is 44.6 Å². The minimum Gasteiger partial charge on any atom is -0.361 e. The molecule has 0 spiro atoms. The molecule has 7 heteroatoms. The molecule has 1 aliphatic heterocycles. The van der Waals surface area contributed by atoms with Crippen molar-refractivity contribution in [3.63, 3.8) is 0 Å². The van der Waals surface area contributed by atoms with Crippen molar-refractivity contribution >= 4 is 28.7 Å². The molecule has 1 aliphatic carbocycles. The molecule has 0 bridgehead atoms. The van der Waals surface area contributed by atoms with Gasteiger partial charge in [-0.2, -0.15) is 0 Å². The van der Waals surface area contributed by atoms with Crippen LogP contribution < -0.4 is 10.6 Å². The third kappa shape index (κ3) is 4.34. The molecule has 1 aromatic heterocycles. The Bertz CT molecular complexity index is 962. The van der Waals surface area contributed by atoms with E-state index >= 15 is 0 Å². The van der Waals surface area contributed by atoms with E-state index in [0.717, 1.165) is 40.6 Å². The van der Waals surface area contributed by atoms with Gasteiger partial charge in [-0.1, -0.05) is 29.8 Å². The van der Waals surface area contributed by atoms with Gasteiger partial charge in [-0.3, -0.25) is 14.5 Å². The lowest BCUT2D eigenvalue weighted by atomic mass is 9.97. The van der Waals surface area contributed by atoms with Gasteiger partial charge >= 0.3 is 6.03 Å². The molecule has 2 aliphatic rings. The first-order chi connectivity index (χ1) is 14.1. The van der Waals surface area contributed by atoms with Gasteiger partial charge in [0, 0.05) is 30.1 Å². The largest absolute Gasteiger partial charge is 0.361 e. The number of carbonyl (C=O) groups excluding carboxylic acids is 3. The second-order valence-electron chi connectivity index (χ2n) is 7.70. The number of hydrogen-bond donors (Lipinski definition) is 3. The van der Waals surface area contributed by atoms with Crippen molar-refractivity contribution in [3.8, 4) is 0 Å². The molecule has 4 amide bonds. The second-order valence-corrected chi connectivity index (χ2v) is 7.70. The number of H-pyrrole nitrogens is 1. The maximum Gasteiger partial charge on any atom is 0.325 e. The van der Waals surface area contributed by atoms with Gasteiger partial charge < -0.3 is 15.6 Å². The van der Waals surface area contributed by atoms with Crippen LogP contribution in [0.4, 0.5) is 4.79 Å². The summed E-state index contributed by atoms with van der Waals surface area (Å²) >= 11 is 0. The Morgan fingerprint density at radius 1 is 1.21 bits per heavy atom. The van der Waals surface area contributed by atoms with E-state index < -0.39 is 12.1 Å². The van der Waals surface area contributed by atoms with Crippen molar-refractivity contribution in [1.82, 2.24) is 20.5 Å². The van der Waals surface area contributed by atoms with Gasteiger partial charge in [0.15, 0.2) is 0 Å². The molecule has 0 radical (unpaired) electrons. The number of fused-ring (bicyclic) bond motifs is 1. The van der Waals surface area contributed by atoms with Crippen molar-refractivity contribution in [3.05, 3.63) is 47.7 Å². The Labute approximate surface area is 169 Å². The molecule has 1 aromatic carbocycles. The summed E-state index contributed by atoms with van der Waals surface area (Å²) < 4.78 is 0. The Morgan fingerprint density at radius 2 is 2.07 bits per heavy atom. The van der Waals surface area contributed by atoms with Crippen LogP contribution >= 0.6 is 0 Å². The number of carbonyl (C=O) groups is 3. The van der Waals surface area contributed by atoms with E-state index in [1.165, 1.54) is 18.4 Å². The monoisotopic (exact) mass is 394 g/mol. The first-order valence-electron chi connectivity index (χ1n) is 10.2. The van der Waals surface area contributed by atoms with Crippen molar-refractivity contribution < 1.29 is 14.4 Å². The molecule has 2 heterocycles. The van der Waals surface area contributed by atoms with Crippen LogP contribution in [-0.2, 0) is 16.0 Å². The number of nitrogens with one attached hydrogen (secondary N) is 3. The summed E-state index contributed by atoms with van der Waals surface area (Å²) in [6, 6.07) is 6.67. The van der Waals surface area contributed by atoms with E-state index in [1.807, 2.05) is 30.5 Å². The number of hydrogen-bond acceptors (Lipinski definition) is 3. The summed E-state index contributed by atoms with van der Waals surface area (Å²) in [5, 5.41) is 6.56. The number of urea groups is 1. The predicted molar refractivity (Wildman–Crippen MR) is 110 cm³/mol. The molecule has 7 nitrogen and oxygen atoms in total. The van der Waals surface area contributed by atoms with Gasteiger partial charge in [-0.05, 0) is 43.7 Å². The van der Waals surface area contributed by atoms with Crippen LogP contribution in [-0.4, -0.2) is 46.9 Å². The van der Waals surface area contributed by atoms with E-state index in [9.17, 15) is 14.4 Å². The molecule has 3 N–H and O–H groups in total. The third-order valence-electron chi connectivity index (χ3n) is 5.66. The smallest absolute Gasteiger partial charge is 0.325 e. The fraction of sp³-hybridized carbons (Fsp3) is 0.409. The number of allylic oxidation sites excluding steroid dienone is 1. The predicted octanol–water partition coefficient (Wildman–Crippen LogP) is 2.64. The molecule has 1 atom stereocenters. The Balaban J connectivity index is 1.30. The summed E-state index contributed by atoms with van der Waals surface area (Å²) in [4.78, 5) is 41.3. The van der Waals surface area contributed by atoms with Gasteiger partial charge in [-0.25, -0.2) is 4.79 Å². The van der Waals surface area contributed by atoms with Crippen LogP contribution in [0.3, 0.4) is 0 Å². The molecular formula is C22H26N4O3. The minimum atomic E-state index is -0.651. The summed E-state index contributed by atoms with van der Waals surface area (Å²) in [6.45, 7) is 0.293. The van der Waals surface area contributed by atoms with Crippen LogP contribution in [0, 0.1) is 0 Å². The van der Waals surface area contributed by atoms with Crippen molar-refractivity contribution in [2.24, 2.45) is 0 Å². The molecule has 0 unspecified atom stereocenters. The second kappa shape index (κ2) is 8.51. The molecule has 2 aromatic rings. The number of para-hydroxylation sites is 1. The summed E-state index contributed by atoms with van der Waals surface area (Å²) in [7, 11) is 0. The highest BCUT2D eigenvalue weighted by Crippen LogP contribution is 2.21. The average Bonchev–Trinajstić information content (AvgIpc) is 3.25. The fourth-order valence-corrected chi connectivity index (χ4v) is 4.08. The van der Waals surface area contributed by atoms with Gasteiger partial charge in [0.1, 0.15) is 12.6 Å². The van der Waals surface area contributed by atoms with Crippen molar-refractivity contribution in [1.29, 1.82) is 0 Å². The highest BCUT2D eigenvalue weighted by atomic mass is 16.2. The molecule has 1 fully saturated rings. The van der Waals surface area contributed by atoms with Crippen LogP contribution in [0.1, 0.15) is 37.7 Å². The lowest BCUT2D eigenvalue weighted by Crippen LogP contribution is -2.41. The Hall–Kier alpha value is -3.09. The zero-order valence-corrected chi connectivity index (χ0v) is 16.4. The van der Waals surface area contributed by atoms with Crippen LogP contribution in [0.15, 0.2) is 42.1 Å². The van der Waals surface area contributed by atoms with Crippen molar-refractivity contribution in [2.75, 3.05) is 13.1 Å². The summed E-state index contributed by atoms with van der Waals surface area (Å²) in [5.74, 6) is -0.664. The maximum absolute atomic E-state index is 12.7. The number of aromatic amines is 1. The number of rotatable bonds is 7. The summed E-state index contributed by atoms with van der Waals surface area (Å²) in [5.41, 5.74) is 3.33. The van der Waals surface area contributed by atoms with E-state index in [1.54, 1.807) is 0 Å². The number of benzene rings is 1. The highest BCUT2D eigenvalue weighted by molar-refractivity contribution is 6.06. The zero-order valence-electron chi connectivity index (χ0n) is 16.4. The minimum absolute atomic E-state index is 0.242. The Morgan fingerprint density at radius 3 is 2.90 bits per heavy atom. The SMILES string of the molecule is O=C(CN1C(=O)N[C@H](Cc2c[nH]c3ccccc23)C1=O)NCCC1=CCCCC1. The quantitative estimate of drug-likeness (QED) is 0.498. The van der Waals surface area contributed by atoms with E-state index in [0.29, 0.717) is 13.0 Å². The van der Waals surface area contributed by atoms with Gasteiger partial charge in [0.25, 0.3) is 5.91 Å². The van der Waals surface area contributed by atoms with Crippen LogP contribution in [0.2, 0.25) is 0 Å². The number of aromatic nitrogens is 1. The normalized spacial score (nSPS) is 19.4. The number of amides is 4. The number of nitrogens with zero attached hydrogens (tertiary/aromatic N) is 1. The lowest BCUT2D eigenvalue weighted by molar-refractivity contribution is -0.132. The highest BCUT2D eigenvalue weighted by Gasteiger charge is 2.39. The molecule has 29 heavy (non-hydrogen) atoms. The van der Waals surface area contributed by atoms with E-state index in [2.05, 4.69) is 21.7 Å². The maximum atomic E-state index is 12.7. The third-order valence-corrected chi connectivity index (χ3v) is 5.66. The van der Waals surface area contributed by atoms with Crippen LogP contribution in [0.5, 0.6) is 0 Å². The first-order valence-corrected chi connectivity index (χ1v) is 10.2. The molecular weight excluding hydrogens is 368 g/mol. The lowest BCUT2D eigenvalue weighted by Gasteiger charge is -2.15. The zero-order chi connectivity index (χ0) is 20.2. The average molecular weight is 394 g/mol. The fourth-order valence-electron chi connectivity index (χ4n) is 4.08. The van der Waals surface area contributed by atoms with Crippen LogP contribution in [0.25, 0.3) is 10.9 Å². The Kier molecular flexibility index (Phi) is 5.64. The van der Waals surface area contributed by atoms with Gasteiger partial charge in [-0.15, -0.1) is 0 Å².